The van der Waals surface area contributed by atoms with Gasteiger partial charge in [-0.15, -0.1) is 0 Å². The molecule has 0 aliphatic heterocycles. The maximum atomic E-state index is 11.6. The minimum Gasteiger partial charge on any atom is -0.469 e. The number of hydrogen-bond acceptors (Lipinski definition) is 5. The fraction of sp³-hybridized carbons (Fsp3) is 0.364. The van der Waals surface area contributed by atoms with E-state index in [2.05, 4.69) is 4.74 Å². The molecule has 0 spiro atoms. The van der Waals surface area contributed by atoms with Gasteiger partial charge in [0.15, 0.2) is 11.5 Å². The first kappa shape index (κ1) is 12.2. The summed E-state index contributed by atoms with van der Waals surface area (Å²) in [4.78, 5) is 33.2. The van der Waals surface area contributed by atoms with Crippen molar-refractivity contribution < 1.29 is 23.5 Å². The molecule has 16 heavy (non-hydrogen) atoms. The topological polar surface area (TPSA) is 73.6 Å². The highest BCUT2D eigenvalue weighted by Gasteiger charge is 2.23. The highest BCUT2D eigenvalue weighted by atomic mass is 16.5. The van der Waals surface area contributed by atoms with Crippen molar-refractivity contribution in [1.82, 2.24) is 0 Å². The van der Waals surface area contributed by atoms with Gasteiger partial charge in [0, 0.05) is 12.8 Å². The molecule has 0 N–H and O–H groups in total. The first-order valence-electron chi connectivity index (χ1n) is 4.77. The molecule has 5 heteroatoms. The molecule has 5 nitrogen and oxygen atoms in total. The predicted octanol–water partition coefficient (Wildman–Crippen LogP) is 1.23. The van der Waals surface area contributed by atoms with Gasteiger partial charge in [-0.1, -0.05) is 0 Å². The molecule has 0 unspecified atom stereocenters. The Hall–Kier alpha value is -1.91. The van der Waals surface area contributed by atoms with Crippen molar-refractivity contribution in [3.05, 3.63) is 24.2 Å². The second kappa shape index (κ2) is 5.85. The molecule has 1 atom stereocenters. The minimum atomic E-state index is -0.736. The van der Waals surface area contributed by atoms with Crippen LogP contribution >= 0.6 is 0 Å². The van der Waals surface area contributed by atoms with Gasteiger partial charge in [-0.25, -0.2) is 0 Å². The molecule has 0 amide bonds. The van der Waals surface area contributed by atoms with Gasteiger partial charge in [0.05, 0.1) is 19.3 Å². The van der Waals surface area contributed by atoms with E-state index in [9.17, 15) is 14.4 Å². The quantitative estimate of drug-likeness (QED) is 0.412. The third kappa shape index (κ3) is 3.05. The number of ketones is 1. The molecule has 0 saturated carbocycles. The SMILES string of the molecule is COC(=O)[C@H](CC=O)CC(=O)c1ccco1. The molecule has 0 radical (unpaired) electrons. The zero-order valence-electron chi connectivity index (χ0n) is 8.84. The molecular formula is C11H12O5. The van der Waals surface area contributed by atoms with Crippen LogP contribution in [0.2, 0.25) is 0 Å². The molecule has 1 aromatic heterocycles. The number of aldehydes is 1. The van der Waals surface area contributed by atoms with Gasteiger partial charge in [-0.05, 0) is 12.1 Å². The van der Waals surface area contributed by atoms with Crippen LogP contribution in [0.15, 0.2) is 22.8 Å². The van der Waals surface area contributed by atoms with Crippen LogP contribution in [-0.4, -0.2) is 25.1 Å². The van der Waals surface area contributed by atoms with E-state index in [0.29, 0.717) is 6.29 Å². The van der Waals surface area contributed by atoms with Gasteiger partial charge in [0.1, 0.15) is 6.29 Å². The van der Waals surface area contributed by atoms with Crippen LogP contribution in [0, 0.1) is 5.92 Å². The van der Waals surface area contributed by atoms with Gasteiger partial charge >= 0.3 is 5.97 Å². The van der Waals surface area contributed by atoms with Crippen LogP contribution in [0.3, 0.4) is 0 Å². The molecule has 1 rings (SSSR count). The molecule has 1 aromatic rings. The van der Waals surface area contributed by atoms with Gasteiger partial charge in [-0.3, -0.25) is 9.59 Å². The van der Waals surface area contributed by atoms with Crippen molar-refractivity contribution in [2.45, 2.75) is 12.8 Å². The monoisotopic (exact) mass is 224 g/mol. The number of methoxy groups -OCH3 is 1. The second-order valence-corrected chi connectivity index (χ2v) is 3.23. The Kier molecular flexibility index (Phi) is 4.44. The van der Waals surface area contributed by atoms with Crippen molar-refractivity contribution in [3.63, 3.8) is 0 Å². The summed E-state index contributed by atoms with van der Waals surface area (Å²) in [7, 11) is 1.22. The van der Waals surface area contributed by atoms with E-state index in [4.69, 9.17) is 4.42 Å². The van der Waals surface area contributed by atoms with Crippen molar-refractivity contribution in [2.75, 3.05) is 7.11 Å². The number of furan rings is 1. The van der Waals surface area contributed by atoms with E-state index in [0.717, 1.165) is 0 Å². The summed E-state index contributed by atoms with van der Waals surface area (Å²) < 4.78 is 9.40. The van der Waals surface area contributed by atoms with E-state index in [1.165, 1.54) is 19.4 Å². The molecule has 0 aromatic carbocycles. The zero-order valence-corrected chi connectivity index (χ0v) is 8.84. The third-order valence-corrected chi connectivity index (χ3v) is 2.14. The molecule has 0 aliphatic rings. The number of rotatable bonds is 6. The number of Topliss-reactive ketones (excluding diaryl/α,β-unsaturated/α-hetero) is 1. The smallest absolute Gasteiger partial charge is 0.309 e. The number of carbonyl (C=O) groups is 3. The summed E-state index contributed by atoms with van der Waals surface area (Å²) in [5.74, 6) is -1.44. The Morgan fingerprint density at radius 3 is 2.81 bits per heavy atom. The highest BCUT2D eigenvalue weighted by Crippen LogP contribution is 2.14. The summed E-state index contributed by atoms with van der Waals surface area (Å²) in [6.45, 7) is 0. The van der Waals surface area contributed by atoms with Crippen LogP contribution < -0.4 is 0 Å². The fourth-order valence-electron chi connectivity index (χ4n) is 1.31. The lowest BCUT2D eigenvalue weighted by Crippen LogP contribution is -2.20. The normalized spacial score (nSPS) is 11.8. The summed E-state index contributed by atoms with van der Waals surface area (Å²) in [5.41, 5.74) is 0. The lowest BCUT2D eigenvalue weighted by molar-refractivity contribution is -0.146. The van der Waals surface area contributed by atoms with E-state index in [-0.39, 0.29) is 24.4 Å². The molecular weight excluding hydrogens is 212 g/mol. The van der Waals surface area contributed by atoms with Crippen molar-refractivity contribution in [2.24, 2.45) is 5.92 Å². The largest absolute Gasteiger partial charge is 0.469 e. The number of esters is 1. The van der Waals surface area contributed by atoms with E-state index < -0.39 is 11.9 Å². The maximum Gasteiger partial charge on any atom is 0.309 e. The van der Waals surface area contributed by atoms with Crippen LogP contribution in [0.4, 0.5) is 0 Å². The second-order valence-electron chi connectivity index (χ2n) is 3.23. The van der Waals surface area contributed by atoms with Crippen molar-refractivity contribution in [3.8, 4) is 0 Å². The van der Waals surface area contributed by atoms with Gasteiger partial charge < -0.3 is 13.9 Å². The fourth-order valence-corrected chi connectivity index (χ4v) is 1.31. The summed E-state index contributed by atoms with van der Waals surface area (Å²) in [6, 6.07) is 3.09. The lowest BCUT2D eigenvalue weighted by Gasteiger charge is -2.09. The van der Waals surface area contributed by atoms with Gasteiger partial charge in [0.25, 0.3) is 0 Å². The molecule has 86 valence electrons. The first-order valence-corrected chi connectivity index (χ1v) is 4.77. The molecule has 0 bridgehead atoms. The summed E-state index contributed by atoms with van der Waals surface area (Å²) in [6.07, 6.45) is 1.86. The zero-order chi connectivity index (χ0) is 12.0. The van der Waals surface area contributed by atoms with E-state index >= 15 is 0 Å². The maximum absolute atomic E-state index is 11.6. The molecule has 1 heterocycles. The van der Waals surface area contributed by atoms with E-state index in [1.54, 1.807) is 6.07 Å². The van der Waals surface area contributed by atoms with Gasteiger partial charge in [0.2, 0.25) is 0 Å². The number of ether oxygens (including phenoxy) is 1. The number of hydrogen-bond donors (Lipinski definition) is 0. The third-order valence-electron chi connectivity index (χ3n) is 2.14. The predicted molar refractivity (Wildman–Crippen MR) is 53.8 cm³/mol. The summed E-state index contributed by atoms with van der Waals surface area (Å²) in [5, 5.41) is 0. The standard InChI is InChI=1S/C11H12O5/c1-15-11(14)8(4-5-12)7-9(13)10-3-2-6-16-10/h2-3,5-6,8H,4,7H2,1H3/t8-/m1/s1. The van der Waals surface area contributed by atoms with E-state index in [1.807, 2.05) is 0 Å². The van der Waals surface area contributed by atoms with Crippen molar-refractivity contribution >= 4 is 18.0 Å². The number of carbonyl (C=O) groups excluding carboxylic acids is 3. The Morgan fingerprint density at radius 2 is 2.31 bits per heavy atom. The Bertz CT molecular complexity index is 366. The van der Waals surface area contributed by atoms with Crippen molar-refractivity contribution in [1.29, 1.82) is 0 Å². The molecule has 0 fully saturated rings. The van der Waals surface area contributed by atoms with Crippen LogP contribution in [0.1, 0.15) is 23.4 Å². The lowest BCUT2D eigenvalue weighted by atomic mass is 9.98. The minimum absolute atomic E-state index is 0.0286. The van der Waals surface area contributed by atoms with Crippen LogP contribution in [0.5, 0.6) is 0 Å². The Morgan fingerprint density at radius 1 is 1.56 bits per heavy atom. The first-order chi connectivity index (χ1) is 7.69. The molecule has 0 saturated heterocycles. The summed E-state index contributed by atoms with van der Waals surface area (Å²) >= 11 is 0. The van der Waals surface area contributed by atoms with Gasteiger partial charge in [-0.2, -0.15) is 0 Å². The molecule has 0 aliphatic carbocycles. The average molecular weight is 224 g/mol. The Balaban J connectivity index is 2.65. The average Bonchev–Trinajstić information content (AvgIpc) is 2.80. The Labute approximate surface area is 92.4 Å². The highest BCUT2D eigenvalue weighted by molar-refractivity contribution is 5.96. The van der Waals surface area contributed by atoms with Crippen LogP contribution in [0.25, 0.3) is 0 Å². The van der Waals surface area contributed by atoms with Crippen LogP contribution in [-0.2, 0) is 14.3 Å².